The van der Waals surface area contributed by atoms with Crippen LogP contribution in [0, 0.1) is 0 Å². The van der Waals surface area contributed by atoms with Gasteiger partial charge in [-0.3, -0.25) is 14.5 Å². The first-order chi connectivity index (χ1) is 7.87. The van der Waals surface area contributed by atoms with Gasteiger partial charge in [0.05, 0.1) is 22.0 Å². The third-order valence-corrected chi connectivity index (χ3v) is 3.88. The molecule has 0 bridgehead atoms. The van der Waals surface area contributed by atoms with Gasteiger partial charge in [-0.25, -0.2) is 0 Å². The third-order valence-electron chi connectivity index (χ3n) is 3.34. The van der Waals surface area contributed by atoms with Gasteiger partial charge in [0, 0.05) is 0 Å². The number of hydrogen-bond donors (Lipinski definition) is 0. The Morgan fingerprint density at radius 3 is 1.88 bits per heavy atom. The molecular formula is C13H14ClNO2. The number of carbonyl (C=O) groups is 2. The van der Waals surface area contributed by atoms with Crippen molar-refractivity contribution in [2.75, 3.05) is 0 Å². The second kappa shape index (κ2) is 3.84. The predicted molar refractivity (Wildman–Crippen MR) is 66.3 cm³/mol. The first-order valence-electron chi connectivity index (χ1n) is 5.49. The average Bonchev–Trinajstić information content (AvgIpc) is 2.52. The van der Waals surface area contributed by atoms with Gasteiger partial charge in [-0.05, 0) is 32.9 Å². The summed E-state index contributed by atoms with van der Waals surface area (Å²) in [6.45, 7) is 5.38. The fraction of sp³-hybridized carbons (Fsp3) is 0.385. The molecule has 0 aliphatic carbocycles. The minimum atomic E-state index is -0.700. The zero-order valence-corrected chi connectivity index (χ0v) is 10.8. The van der Waals surface area contributed by atoms with Crippen LogP contribution in [-0.2, 0) is 0 Å². The van der Waals surface area contributed by atoms with E-state index in [1.165, 1.54) is 4.90 Å². The Labute approximate surface area is 105 Å². The molecule has 0 saturated heterocycles. The first-order valence-corrected chi connectivity index (χ1v) is 5.93. The van der Waals surface area contributed by atoms with Gasteiger partial charge in [-0.2, -0.15) is 0 Å². The molecule has 0 spiro atoms. The predicted octanol–water partition coefficient (Wildman–Crippen LogP) is 2.69. The van der Waals surface area contributed by atoms with E-state index in [0.717, 1.165) is 0 Å². The quantitative estimate of drug-likeness (QED) is 0.599. The lowest BCUT2D eigenvalue weighted by Crippen LogP contribution is -2.52. The Balaban J connectivity index is 2.50. The van der Waals surface area contributed by atoms with Crippen LogP contribution in [0.4, 0.5) is 0 Å². The van der Waals surface area contributed by atoms with Crippen molar-refractivity contribution in [3.8, 4) is 0 Å². The van der Waals surface area contributed by atoms with Crippen LogP contribution in [0.1, 0.15) is 41.5 Å². The molecule has 1 aliphatic rings. The van der Waals surface area contributed by atoms with E-state index in [-0.39, 0.29) is 17.2 Å². The molecular weight excluding hydrogens is 238 g/mol. The lowest BCUT2D eigenvalue weighted by molar-refractivity contribution is 0.0480. The van der Waals surface area contributed by atoms with Gasteiger partial charge in [0.25, 0.3) is 11.8 Å². The molecule has 1 aromatic rings. The SMILES string of the molecule is CC(Cl)C(C)(C)N1C(=O)c2ccccc2C1=O. The second-order valence-corrected chi connectivity index (χ2v) is 5.42. The maximum absolute atomic E-state index is 12.2. The Morgan fingerprint density at radius 2 is 1.53 bits per heavy atom. The molecule has 3 nitrogen and oxygen atoms in total. The van der Waals surface area contributed by atoms with E-state index < -0.39 is 5.54 Å². The zero-order chi connectivity index (χ0) is 12.8. The van der Waals surface area contributed by atoms with E-state index in [0.29, 0.717) is 11.1 Å². The van der Waals surface area contributed by atoms with Crippen LogP contribution in [0.2, 0.25) is 0 Å². The molecule has 0 fully saturated rings. The van der Waals surface area contributed by atoms with Crippen molar-refractivity contribution < 1.29 is 9.59 Å². The summed E-state index contributed by atoms with van der Waals surface area (Å²) in [5.41, 5.74) is 0.222. The topological polar surface area (TPSA) is 37.4 Å². The van der Waals surface area contributed by atoms with Crippen molar-refractivity contribution in [3.05, 3.63) is 35.4 Å². The van der Waals surface area contributed by atoms with Crippen molar-refractivity contribution in [1.82, 2.24) is 4.90 Å². The monoisotopic (exact) mass is 251 g/mol. The van der Waals surface area contributed by atoms with Crippen molar-refractivity contribution >= 4 is 23.4 Å². The summed E-state index contributed by atoms with van der Waals surface area (Å²) in [4.78, 5) is 25.7. The highest BCUT2D eigenvalue weighted by atomic mass is 35.5. The fourth-order valence-electron chi connectivity index (χ4n) is 1.89. The highest BCUT2D eigenvalue weighted by Crippen LogP contribution is 2.32. The molecule has 0 saturated carbocycles. The highest BCUT2D eigenvalue weighted by Gasteiger charge is 2.45. The first kappa shape index (κ1) is 12.1. The number of hydrogen-bond acceptors (Lipinski definition) is 2. The highest BCUT2D eigenvalue weighted by molar-refractivity contribution is 6.24. The summed E-state index contributed by atoms with van der Waals surface area (Å²) in [5, 5.41) is -0.315. The van der Waals surface area contributed by atoms with E-state index in [2.05, 4.69) is 0 Å². The van der Waals surface area contributed by atoms with Gasteiger partial charge in [-0.15, -0.1) is 11.6 Å². The fourth-order valence-corrected chi connectivity index (χ4v) is 1.99. The van der Waals surface area contributed by atoms with Crippen molar-refractivity contribution in [2.24, 2.45) is 0 Å². The third kappa shape index (κ3) is 1.65. The van der Waals surface area contributed by atoms with Crippen LogP contribution < -0.4 is 0 Å². The summed E-state index contributed by atoms with van der Waals surface area (Å²) in [7, 11) is 0. The van der Waals surface area contributed by atoms with E-state index in [1.807, 2.05) is 0 Å². The molecule has 1 atom stereocenters. The molecule has 0 N–H and O–H groups in total. The summed E-state index contributed by atoms with van der Waals surface area (Å²) >= 11 is 6.08. The number of benzene rings is 1. The summed E-state index contributed by atoms with van der Waals surface area (Å²) in [6, 6.07) is 6.85. The van der Waals surface area contributed by atoms with Crippen LogP contribution in [0.5, 0.6) is 0 Å². The molecule has 90 valence electrons. The van der Waals surface area contributed by atoms with E-state index in [9.17, 15) is 9.59 Å². The van der Waals surface area contributed by atoms with Gasteiger partial charge in [0.15, 0.2) is 0 Å². The van der Waals surface area contributed by atoms with Crippen LogP contribution >= 0.6 is 11.6 Å². The smallest absolute Gasteiger partial charge is 0.262 e. The van der Waals surface area contributed by atoms with Crippen LogP contribution in [0.25, 0.3) is 0 Å². The van der Waals surface area contributed by atoms with Crippen molar-refractivity contribution in [2.45, 2.75) is 31.7 Å². The number of rotatable bonds is 2. The van der Waals surface area contributed by atoms with E-state index >= 15 is 0 Å². The number of halogens is 1. The van der Waals surface area contributed by atoms with Crippen LogP contribution in [0.15, 0.2) is 24.3 Å². The molecule has 0 aromatic heterocycles. The lowest BCUT2D eigenvalue weighted by Gasteiger charge is -2.36. The number of carbonyl (C=O) groups excluding carboxylic acids is 2. The average molecular weight is 252 g/mol. The summed E-state index contributed by atoms with van der Waals surface area (Å²) in [6.07, 6.45) is 0. The summed E-state index contributed by atoms with van der Waals surface area (Å²) in [5.74, 6) is -0.522. The van der Waals surface area contributed by atoms with Gasteiger partial charge in [-0.1, -0.05) is 12.1 Å². The van der Waals surface area contributed by atoms with Crippen LogP contribution in [-0.4, -0.2) is 27.6 Å². The van der Waals surface area contributed by atoms with Crippen LogP contribution in [0.3, 0.4) is 0 Å². The minimum Gasteiger partial charge on any atom is -0.269 e. The normalized spacial score (nSPS) is 17.3. The van der Waals surface area contributed by atoms with Gasteiger partial charge in [0.1, 0.15) is 0 Å². The second-order valence-electron chi connectivity index (χ2n) is 4.76. The molecule has 1 heterocycles. The zero-order valence-electron chi connectivity index (χ0n) is 10.0. The Bertz CT molecular complexity index is 459. The number of imide groups is 1. The molecule has 17 heavy (non-hydrogen) atoms. The molecule has 4 heteroatoms. The molecule has 1 aliphatic heterocycles. The molecule has 1 aromatic carbocycles. The molecule has 2 rings (SSSR count). The van der Waals surface area contributed by atoms with E-state index in [1.54, 1.807) is 45.0 Å². The van der Waals surface area contributed by atoms with Crippen molar-refractivity contribution in [1.29, 1.82) is 0 Å². The number of fused-ring (bicyclic) bond motifs is 1. The van der Waals surface area contributed by atoms with E-state index in [4.69, 9.17) is 11.6 Å². The standard InChI is InChI=1S/C13H14ClNO2/c1-8(14)13(2,3)15-11(16)9-6-4-5-7-10(9)12(15)17/h4-8H,1-3H3. The molecule has 0 radical (unpaired) electrons. The van der Waals surface area contributed by atoms with Gasteiger partial charge >= 0.3 is 0 Å². The maximum Gasteiger partial charge on any atom is 0.262 e. The van der Waals surface area contributed by atoms with Crippen molar-refractivity contribution in [3.63, 3.8) is 0 Å². The largest absolute Gasteiger partial charge is 0.269 e. The Hall–Kier alpha value is -1.35. The number of alkyl halides is 1. The summed E-state index contributed by atoms with van der Waals surface area (Å²) < 4.78 is 0. The lowest BCUT2D eigenvalue weighted by atomic mass is 9.99. The number of amides is 2. The van der Waals surface area contributed by atoms with Gasteiger partial charge in [0.2, 0.25) is 0 Å². The Morgan fingerprint density at radius 1 is 1.12 bits per heavy atom. The molecule has 2 amide bonds. The molecule has 1 unspecified atom stereocenters. The number of nitrogens with zero attached hydrogens (tertiary/aromatic N) is 1. The minimum absolute atomic E-state index is 0.261. The van der Waals surface area contributed by atoms with Gasteiger partial charge < -0.3 is 0 Å². The maximum atomic E-state index is 12.2. The Kier molecular flexibility index (Phi) is 2.74.